The van der Waals surface area contributed by atoms with Gasteiger partial charge in [0.05, 0.1) is 25.3 Å². The summed E-state index contributed by atoms with van der Waals surface area (Å²) < 4.78 is 15.3. The highest BCUT2D eigenvalue weighted by Gasteiger charge is 2.26. The van der Waals surface area contributed by atoms with E-state index in [1.165, 1.54) is 31.4 Å². The van der Waals surface area contributed by atoms with Gasteiger partial charge in [-0.2, -0.15) is 0 Å². The summed E-state index contributed by atoms with van der Waals surface area (Å²) in [6, 6.07) is 21.3. The molecule has 0 saturated carbocycles. The molecule has 3 aromatic rings. The number of hydrogen-bond acceptors (Lipinski definition) is 6. The minimum atomic E-state index is -1.17. The lowest BCUT2D eigenvalue weighted by Gasteiger charge is -2.18. The maximum Gasteiger partial charge on any atom is 0.339 e. The first kappa shape index (κ1) is 21.6. The molecule has 3 rings (SSSR count). The SMILES string of the molecule is COC(=O)c1ccc(C(=O)OC(C(=O)Nc2ccc(OC)cc2)c2ccccc2)cc1. The van der Waals surface area contributed by atoms with E-state index in [9.17, 15) is 14.4 Å². The van der Waals surface area contributed by atoms with Crippen molar-refractivity contribution in [1.29, 1.82) is 0 Å². The fourth-order valence-corrected chi connectivity index (χ4v) is 2.82. The molecule has 1 atom stereocenters. The lowest BCUT2D eigenvalue weighted by atomic mass is 10.1. The van der Waals surface area contributed by atoms with Crippen LogP contribution in [0.3, 0.4) is 0 Å². The maximum atomic E-state index is 12.9. The zero-order valence-corrected chi connectivity index (χ0v) is 17.0. The lowest BCUT2D eigenvalue weighted by Crippen LogP contribution is -2.26. The Kier molecular flexibility index (Phi) is 7.01. The number of carbonyl (C=O) groups is 3. The molecule has 7 nitrogen and oxygen atoms in total. The first-order valence-corrected chi connectivity index (χ1v) is 9.41. The molecule has 3 aromatic carbocycles. The summed E-state index contributed by atoms with van der Waals surface area (Å²) in [6.45, 7) is 0. The molecule has 0 radical (unpaired) electrons. The summed E-state index contributed by atoms with van der Waals surface area (Å²) in [5.41, 5.74) is 1.56. The highest BCUT2D eigenvalue weighted by Crippen LogP contribution is 2.23. The van der Waals surface area contributed by atoms with Gasteiger partial charge in [-0.15, -0.1) is 0 Å². The van der Waals surface area contributed by atoms with Crippen LogP contribution in [0.5, 0.6) is 5.75 Å². The van der Waals surface area contributed by atoms with E-state index in [0.29, 0.717) is 22.6 Å². The molecule has 0 aromatic heterocycles. The van der Waals surface area contributed by atoms with Gasteiger partial charge in [-0.3, -0.25) is 4.79 Å². The number of amides is 1. The van der Waals surface area contributed by atoms with Crippen molar-refractivity contribution in [2.75, 3.05) is 19.5 Å². The number of carbonyl (C=O) groups excluding carboxylic acids is 3. The van der Waals surface area contributed by atoms with Gasteiger partial charge in [0.15, 0.2) is 0 Å². The third kappa shape index (κ3) is 5.48. The van der Waals surface area contributed by atoms with Gasteiger partial charge < -0.3 is 19.5 Å². The number of hydrogen-bond donors (Lipinski definition) is 1. The lowest BCUT2D eigenvalue weighted by molar-refractivity contribution is -0.125. The molecule has 0 aliphatic heterocycles. The van der Waals surface area contributed by atoms with Crippen LogP contribution in [0.4, 0.5) is 5.69 Å². The predicted molar refractivity (Wildman–Crippen MR) is 114 cm³/mol. The molecule has 158 valence electrons. The second-order valence-corrected chi connectivity index (χ2v) is 6.48. The Morgan fingerprint density at radius 1 is 0.742 bits per heavy atom. The predicted octanol–water partition coefficient (Wildman–Crippen LogP) is 4.02. The summed E-state index contributed by atoms with van der Waals surface area (Å²) in [7, 11) is 2.83. The highest BCUT2D eigenvalue weighted by atomic mass is 16.5. The van der Waals surface area contributed by atoms with Crippen LogP contribution in [-0.2, 0) is 14.3 Å². The average molecular weight is 419 g/mol. The van der Waals surface area contributed by atoms with Gasteiger partial charge in [-0.1, -0.05) is 30.3 Å². The first-order chi connectivity index (χ1) is 15.0. The molecular weight excluding hydrogens is 398 g/mol. The standard InChI is InChI=1S/C24H21NO6/c1-29-20-14-12-19(13-15-20)25-22(26)21(16-6-4-3-5-7-16)31-24(28)18-10-8-17(9-11-18)23(27)30-2/h3-15,21H,1-2H3,(H,25,26). The molecule has 1 N–H and O–H groups in total. The van der Waals surface area contributed by atoms with Crippen LogP contribution in [0, 0.1) is 0 Å². The van der Waals surface area contributed by atoms with Crippen LogP contribution < -0.4 is 10.1 Å². The maximum absolute atomic E-state index is 12.9. The van der Waals surface area contributed by atoms with E-state index < -0.39 is 23.9 Å². The van der Waals surface area contributed by atoms with Gasteiger partial charge in [-0.05, 0) is 48.5 Å². The fraction of sp³-hybridized carbons (Fsp3) is 0.125. The van der Waals surface area contributed by atoms with E-state index >= 15 is 0 Å². The van der Waals surface area contributed by atoms with E-state index in [2.05, 4.69) is 10.1 Å². The third-order valence-corrected chi connectivity index (χ3v) is 4.46. The van der Waals surface area contributed by atoms with E-state index in [4.69, 9.17) is 9.47 Å². The van der Waals surface area contributed by atoms with Crippen molar-refractivity contribution in [3.8, 4) is 5.75 Å². The Balaban J connectivity index is 1.79. The zero-order valence-electron chi connectivity index (χ0n) is 17.0. The number of benzene rings is 3. The highest BCUT2D eigenvalue weighted by molar-refractivity contribution is 5.98. The molecule has 0 aliphatic carbocycles. The summed E-state index contributed by atoms with van der Waals surface area (Å²) in [5.74, 6) is -1.06. The van der Waals surface area contributed by atoms with Crippen molar-refractivity contribution in [1.82, 2.24) is 0 Å². The Labute approximate surface area is 179 Å². The molecule has 1 amide bonds. The van der Waals surface area contributed by atoms with Crippen molar-refractivity contribution in [3.63, 3.8) is 0 Å². The van der Waals surface area contributed by atoms with Gasteiger partial charge >= 0.3 is 11.9 Å². The van der Waals surface area contributed by atoms with Crippen LogP contribution in [0.2, 0.25) is 0 Å². The van der Waals surface area contributed by atoms with Gasteiger partial charge in [0.1, 0.15) is 5.75 Å². The fourth-order valence-electron chi connectivity index (χ4n) is 2.82. The topological polar surface area (TPSA) is 90.9 Å². The van der Waals surface area contributed by atoms with E-state index in [-0.39, 0.29) is 5.56 Å². The third-order valence-electron chi connectivity index (χ3n) is 4.46. The van der Waals surface area contributed by atoms with Crippen LogP contribution in [-0.4, -0.2) is 32.1 Å². The monoisotopic (exact) mass is 419 g/mol. The smallest absolute Gasteiger partial charge is 0.339 e. The zero-order chi connectivity index (χ0) is 22.2. The molecular formula is C24H21NO6. The summed E-state index contributed by atoms with van der Waals surface area (Å²) >= 11 is 0. The van der Waals surface area contributed by atoms with Gasteiger partial charge in [0.25, 0.3) is 5.91 Å². The largest absolute Gasteiger partial charge is 0.497 e. The van der Waals surface area contributed by atoms with E-state index in [1.54, 1.807) is 61.7 Å². The number of rotatable bonds is 7. The normalized spacial score (nSPS) is 11.2. The van der Waals surface area contributed by atoms with Gasteiger partial charge in [0, 0.05) is 11.3 Å². The average Bonchev–Trinajstić information content (AvgIpc) is 2.83. The number of esters is 2. The summed E-state index contributed by atoms with van der Waals surface area (Å²) in [6.07, 6.45) is -1.17. The van der Waals surface area contributed by atoms with Crippen LogP contribution in [0.1, 0.15) is 32.4 Å². The van der Waals surface area contributed by atoms with Gasteiger partial charge in [-0.25, -0.2) is 9.59 Å². The number of nitrogens with one attached hydrogen (secondary N) is 1. The molecule has 0 fully saturated rings. The van der Waals surface area contributed by atoms with Crippen LogP contribution in [0.25, 0.3) is 0 Å². The second-order valence-electron chi connectivity index (χ2n) is 6.48. The summed E-state index contributed by atoms with van der Waals surface area (Å²) in [4.78, 5) is 37.2. The van der Waals surface area contributed by atoms with Crippen molar-refractivity contribution in [3.05, 3.63) is 95.6 Å². The van der Waals surface area contributed by atoms with Crippen molar-refractivity contribution in [2.45, 2.75) is 6.10 Å². The molecule has 7 heteroatoms. The Morgan fingerprint density at radius 2 is 1.32 bits per heavy atom. The first-order valence-electron chi connectivity index (χ1n) is 9.41. The Hall–Kier alpha value is -4.13. The quantitative estimate of drug-likeness (QED) is 0.582. The summed E-state index contributed by atoms with van der Waals surface area (Å²) in [5, 5.41) is 2.75. The van der Waals surface area contributed by atoms with Crippen molar-refractivity contribution >= 4 is 23.5 Å². The van der Waals surface area contributed by atoms with E-state index in [0.717, 1.165) is 0 Å². The number of ether oxygens (including phenoxy) is 3. The number of methoxy groups -OCH3 is 2. The van der Waals surface area contributed by atoms with Gasteiger partial charge in [0.2, 0.25) is 6.10 Å². The van der Waals surface area contributed by atoms with E-state index in [1.807, 2.05) is 0 Å². The molecule has 0 aliphatic rings. The molecule has 0 saturated heterocycles. The van der Waals surface area contributed by atoms with Crippen LogP contribution in [0.15, 0.2) is 78.9 Å². The molecule has 0 heterocycles. The molecule has 0 bridgehead atoms. The molecule has 1 unspecified atom stereocenters. The van der Waals surface area contributed by atoms with Crippen molar-refractivity contribution < 1.29 is 28.6 Å². The Morgan fingerprint density at radius 3 is 1.87 bits per heavy atom. The number of anilines is 1. The molecule has 0 spiro atoms. The minimum absolute atomic E-state index is 0.200. The van der Waals surface area contributed by atoms with Crippen LogP contribution >= 0.6 is 0 Å². The molecule has 31 heavy (non-hydrogen) atoms. The second kappa shape index (κ2) is 10.1. The minimum Gasteiger partial charge on any atom is -0.497 e. The van der Waals surface area contributed by atoms with Crippen molar-refractivity contribution in [2.24, 2.45) is 0 Å². The Bertz CT molecular complexity index is 1050.